The summed E-state index contributed by atoms with van der Waals surface area (Å²) in [6, 6.07) is 0.341. The minimum absolute atomic E-state index is 0.116. The van der Waals surface area contributed by atoms with Crippen LogP contribution in [-0.2, 0) is 17.9 Å². The molecule has 1 aromatic rings. The summed E-state index contributed by atoms with van der Waals surface area (Å²) in [5.41, 5.74) is 6.16. The number of nitrogens with two attached hydrogens (primary N) is 1. The van der Waals surface area contributed by atoms with E-state index in [1.807, 2.05) is 4.90 Å². The van der Waals surface area contributed by atoms with Gasteiger partial charge in [-0.25, -0.2) is 4.68 Å². The molecule has 1 atom stereocenters. The van der Waals surface area contributed by atoms with E-state index in [1.54, 1.807) is 10.9 Å². The second-order valence-corrected chi connectivity index (χ2v) is 4.54. The highest BCUT2D eigenvalue weighted by Gasteiger charge is 2.23. The molecule has 0 radical (unpaired) electrons. The second kappa shape index (κ2) is 5.27. The number of rotatable bonds is 3. The third-order valence-corrected chi connectivity index (χ3v) is 3.22. The van der Waals surface area contributed by atoms with Crippen LogP contribution in [0.1, 0.15) is 31.9 Å². The van der Waals surface area contributed by atoms with Gasteiger partial charge in [0.05, 0.1) is 11.9 Å². The van der Waals surface area contributed by atoms with Crippen molar-refractivity contribution in [3.63, 3.8) is 0 Å². The summed E-state index contributed by atoms with van der Waals surface area (Å²) in [4.78, 5) is 14.0. The summed E-state index contributed by atoms with van der Waals surface area (Å²) in [6.07, 6.45) is 5.14. The Morgan fingerprint density at radius 3 is 3.06 bits per heavy atom. The van der Waals surface area contributed by atoms with Crippen molar-refractivity contribution in [2.75, 3.05) is 6.54 Å². The van der Waals surface area contributed by atoms with E-state index in [-0.39, 0.29) is 12.5 Å². The van der Waals surface area contributed by atoms with Gasteiger partial charge in [-0.05, 0) is 26.2 Å². The van der Waals surface area contributed by atoms with E-state index in [0.717, 1.165) is 19.4 Å². The number of piperidine rings is 1. The van der Waals surface area contributed by atoms with Gasteiger partial charge in [0.15, 0.2) is 0 Å². The van der Waals surface area contributed by atoms with Crippen LogP contribution in [0, 0.1) is 0 Å². The first-order chi connectivity index (χ1) is 8.20. The van der Waals surface area contributed by atoms with E-state index in [2.05, 4.69) is 17.2 Å². The average molecular weight is 237 g/mol. The molecule has 0 spiro atoms. The summed E-state index contributed by atoms with van der Waals surface area (Å²) in [6.45, 7) is 3.58. The molecule has 2 rings (SSSR count). The monoisotopic (exact) mass is 237 g/mol. The molecule has 2 heterocycles. The first-order valence-corrected chi connectivity index (χ1v) is 6.09. The Hall–Kier alpha value is -1.43. The molecule has 2 N–H and O–H groups in total. The predicted octanol–water partition coefficient (Wildman–Crippen LogP) is 0.138. The van der Waals surface area contributed by atoms with Crippen LogP contribution >= 0.6 is 0 Å². The minimum Gasteiger partial charge on any atom is -0.338 e. The van der Waals surface area contributed by atoms with Crippen LogP contribution in [0.5, 0.6) is 0 Å². The molecule has 1 fully saturated rings. The zero-order valence-electron chi connectivity index (χ0n) is 10.2. The molecule has 0 aliphatic carbocycles. The maximum absolute atomic E-state index is 12.1. The highest BCUT2D eigenvalue weighted by molar-refractivity contribution is 5.76. The molecule has 0 bridgehead atoms. The Bertz CT molecular complexity index is 389. The Morgan fingerprint density at radius 2 is 2.41 bits per heavy atom. The summed E-state index contributed by atoms with van der Waals surface area (Å²) in [5, 5.41) is 7.76. The molecule has 1 aliphatic heterocycles. The van der Waals surface area contributed by atoms with Gasteiger partial charge in [0.1, 0.15) is 6.54 Å². The van der Waals surface area contributed by atoms with E-state index < -0.39 is 0 Å². The number of amides is 1. The largest absolute Gasteiger partial charge is 0.338 e. The molecule has 6 heteroatoms. The first-order valence-electron chi connectivity index (χ1n) is 6.09. The SMILES string of the molecule is C[C@@H]1CCCCN1C(=O)Cn1cc(CN)nn1. The molecule has 0 aromatic carbocycles. The normalized spacial score (nSPS) is 20.6. The van der Waals surface area contributed by atoms with Crippen molar-refractivity contribution in [1.29, 1.82) is 0 Å². The zero-order valence-corrected chi connectivity index (χ0v) is 10.2. The van der Waals surface area contributed by atoms with E-state index in [9.17, 15) is 4.79 Å². The van der Waals surface area contributed by atoms with Crippen molar-refractivity contribution < 1.29 is 4.79 Å². The highest BCUT2D eigenvalue weighted by Crippen LogP contribution is 2.16. The van der Waals surface area contributed by atoms with Gasteiger partial charge in [-0.2, -0.15) is 0 Å². The lowest BCUT2D eigenvalue weighted by molar-refractivity contribution is -0.135. The van der Waals surface area contributed by atoms with Crippen molar-refractivity contribution in [3.8, 4) is 0 Å². The summed E-state index contributed by atoms with van der Waals surface area (Å²) < 4.78 is 1.56. The lowest BCUT2D eigenvalue weighted by Crippen LogP contribution is -2.43. The topological polar surface area (TPSA) is 77.0 Å². The number of hydrogen-bond donors (Lipinski definition) is 1. The molecule has 17 heavy (non-hydrogen) atoms. The van der Waals surface area contributed by atoms with Crippen molar-refractivity contribution in [3.05, 3.63) is 11.9 Å². The standard InChI is InChI=1S/C11H19N5O/c1-9-4-2-3-5-16(9)11(17)8-15-7-10(6-12)13-14-15/h7,9H,2-6,8,12H2,1H3/t9-/m1/s1. The maximum atomic E-state index is 12.1. The molecular formula is C11H19N5O. The van der Waals surface area contributed by atoms with E-state index in [1.165, 1.54) is 6.42 Å². The number of aromatic nitrogens is 3. The molecule has 0 saturated carbocycles. The number of carbonyl (C=O) groups is 1. The quantitative estimate of drug-likeness (QED) is 0.811. The van der Waals surface area contributed by atoms with Crippen molar-refractivity contribution in [1.82, 2.24) is 19.9 Å². The number of carbonyl (C=O) groups excluding carboxylic acids is 1. The molecule has 1 aliphatic rings. The van der Waals surface area contributed by atoms with Crippen LogP contribution in [-0.4, -0.2) is 38.4 Å². The Morgan fingerprint density at radius 1 is 1.59 bits per heavy atom. The van der Waals surface area contributed by atoms with Crippen LogP contribution in [0.2, 0.25) is 0 Å². The van der Waals surface area contributed by atoms with Crippen LogP contribution in [0.15, 0.2) is 6.20 Å². The van der Waals surface area contributed by atoms with Crippen molar-refractivity contribution in [2.24, 2.45) is 5.73 Å². The molecule has 6 nitrogen and oxygen atoms in total. The summed E-state index contributed by atoms with van der Waals surface area (Å²) in [7, 11) is 0. The fourth-order valence-electron chi connectivity index (χ4n) is 2.21. The van der Waals surface area contributed by atoms with Crippen LogP contribution in [0.3, 0.4) is 0 Å². The maximum Gasteiger partial charge on any atom is 0.244 e. The molecule has 1 amide bonds. The van der Waals surface area contributed by atoms with E-state index in [4.69, 9.17) is 5.73 Å². The first kappa shape index (κ1) is 12.0. The van der Waals surface area contributed by atoms with Gasteiger partial charge in [-0.1, -0.05) is 5.21 Å². The van der Waals surface area contributed by atoms with Gasteiger partial charge >= 0.3 is 0 Å². The van der Waals surface area contributed by atoms with Crippen LogP contribution in [0.4, 0.5) is 0 Å². The van der Waals surface area contributed by atoms with Gasteiger partial charge in [-0.15, -0.1) is 5.10 Å². The molecule has 1 aromatic heterocycles. The molecule has 1 saturated heterocycles. The zero-order chi connectivity index (χ0) is 12.3. The van der Waals surface area contributed by atoms with E-state index >= 15 is 0 Å². The summed E-state index contributed by atoms with van der Waals surface area (Å²) >= 11 is 0. The predicted molar refractivity (Wildman–Crippen MR) is 62.9 cm³/mol. The lowest BCUT2D eigenvalue weighted by Gasteiger charge is -2.33. The lowest BCUT2D eigenvalue weighted by atomic mass is 10.0. The van der Waals surface area contributed by atoms with Gasteiger partial charge in [-0.3, -0.25) is 4.79 Å². The average Bonchev–Trinajstić information content (AvgIpc) is 2.77. The van der Waals surface area contributed by atoms with Gasteiger partial charge in [0.2, 0.25) is 5.91 Å². The van der Waals surface area contributed by atoms with E-state index in [0.29, 0.717) is 18.3 Å². The number of likely N-dealkylation sites (tertiary alicyclic amines) is 1. The molecule has 94 valence electrons. The number of nitrogens with zero attached hydrogens (tertiary/aromatic N) is 4. The third-order valence-electron chi connectivity index (χ3n) is 3.22. The Kier molecular flexibility index (Phi) is 3.73. The third kappa shape index (κ3) is 2.82. The molecular weight excluding hydrogens is 218 g/mol. The highest BCUT2D eigenvalue weighted by atomic mass is 16.2. The Balaban J connectivity index is 1.95. The van der Waals surface area contributed by atoms with Gasteiger partial charge in [0.25, 0.3) is 0 Å². The number of hydrogen-bond acceptors (Lipinski definition) is 4. The van der Waals surface area contributed by atoms with Crippen LogP contribution < -0.4 is 5.73 Å². The Labute approximate surface area is 101 Å². The van der Waals surface area contributed by atoms with Gasteiger partial charge < -0.3 is 10.6 Å². The van der Waals surface area contributed by atoms with Crippen molar-refractivity contribution >= 4 is 5.91 Å². The fourth-order valence-corrected chi connectivity index (χ4v) is 2.21. The van der Waals surface area contributed by atoms with Crippen molar-refractivity contribution in [2.45, 2.75) is 45.3 Å². The molecule has 0 unspecified atom stereocenters. The smallest absolute Gasteiger partial charge is 0.244 e. The summed E-state index contributed by atoms with van der Waals surface area (Å²) in [5.74, 6) is 0.116. The second-order valence-electron chi connectivity index (χ2n) is 4.54. The van der Waals surface area contributed by atoms with Crippen LogP contribution in [0.25, 0.3) is 0 Å². The van der Waals surface area contributed by atoms with Gasteiger partial charge in [0, 0.05) is 19.1 Å². The minimum atomic E-state index is 0.116. The fraction of sp³-hybridized carbons (Fsp3) is 0.727.